The summed E-state index contributed by atoms with van der Waals surface area (Å²) in [6.07, 6.45) is 29.1. The van der Waals surface area contributed by atoms with Gasteiger partial charge in [0.2, 0.25) is 5.91 Å². The van der Waals surface area contributed by atoms with Gasteiger partial charge >= 0.3 is 0 Å². The summed E-state index contributed by atoms with van der Waals surface area (Å²) in [7, 11) is 0. The average Bonchev–Trinajstić information content (AvgIpc) is 3.18. The zero-order valence-electron chi connectivity index (χ0n) is 35.0. The number of carbonyl (C=O) groups excluding carboxylic acids is 1. The Balaban J connectivity index is 2.52. The molecule has 1 amide bonds. The molecular weight excluding hydrogens is 698 g/mol. The number of ether oxygens (including phenoxy) is 2. The molecule has 0 radical (unpaired) electrons. The molecular formula is C45H83NO9. The first-order valence-electron chi connectivity index (χ1n) is 22.2. The Morgan fingerprint density at radius 2 is 1.22 bits per heavy atom. The summed E-state index contributed by atoms with van der Waals surface area (Å²) in [5.74, 6) is -0.633. The summed E-state index contributed by atoms with van der Waals surface area (Å²) < 4.78 is 11.1. The highest BCUT2D eigenvalue weighted by atomic mass is 16.7. The number of nitrogens with one attached hydrogen (secondary N) is 1. The van der Waals surface area contributed by atoms with Gasteiger partial charge in [-0.2, -0.15) is 0 Å². The average molecular weight is 782 g/mol. The fraction of sp³-hybridized carbons (Fsp3) is 0.844. The van der Waals surface area contributed by atoms with Crippen molar-refractivity contribution >= 4 is 5.91 Å². The minimum absolute atomic E-state index is 0.301. The molecule has 7 N–H and O–H groups in total. The third kappa shape index (κ3) is 25.4. The Labute approximate surface area is 334 Å². The van der Waals surface area contributed by atoms with E-state index in [1.54, 1.807) is 6.08 Å². The number of rotatable bonds is 35. The van der Waals surface area contributed by atoms with Gasteiger partial charge in [-0.1, -0.05) is 178 Å². The molecule has 1 heterocycles. The zero-order chi connectivity index (χ0) is 40.5. The molecule has 1 saturated heterocycles. The van der Waals surface area contributed by atoms with Crippen molar-refractivity contribution < 1.29 is 44.9 Å². The van der Waals surface area contributed by atoms with E-state index in [2.05, 4.69) is 44.3 Å². The number of aliphatic hydroxyl groups is 6. The molecule has 0 spiro atoms. The summed E-state index contributed by atoms with van der Waals surface area (Å²) in [5.41, 5.74) is 1.18. The lowest BCUT2D eigenvalue weighted by atomic mass is 9.99. The second-order valence-electron chi connectivity index (χ2n) is 15.8. The number of unbranched alkanes of at least 4 members (excludes halogenated alkanes) is 21. The van der Waals surface area contributed by atoms with Crippen molar-refractivity contribution in [1.82, 2.24) is 5.32 Å². The number of allylic oxidation sites excluding steroid dienone is 5. The van der Waals surface area contributed by atoms with Gasteiger partial charge in [0.25, 0.3) is 0 Å². The normalized spacial score (nSPS) is 22.4. The van der Waals surface area contributed by atoms with Crippen LogP contribution in [-0.2, 0) is 14.3 Å². The van der Waals surface area contributed by atoms with Crippen LogP contribution >= 0.6 is 0 Å². The standard InChI is InChI=1S/C45H83NO9/c1-4-6-8-10-12-13-14-15-16-17-18-19-20-22-24-28-33-39(49)44(53)46-37(35-54-45-43(52)42(51)41(50)40(34-47)55-45)38(48)32-29-25-27-31-36(3)30-26-23-21-11-9-7-5-2/h26,29-32,37-43,45,47-52H,4-25,27-28,33-35H2,1-3H3,(H,46,53)/b30-26+,32-29+,36-31+. The quantitative estimate of drug-likeness (QED) is 0.0192. The minimum atomic E-state index is -1.62. The van der Waals surface area contributed by atoms with E-state index in [4.69, 9.17) is 9.47 Å². The van der Waals surface area contributed by atoms with Crippen LogP contribution in [0.25, 0.3) is 0 Å². The third-order valence-corrected chi connectivity index (χ3v) is 10.7. The van der Waals surface area contributed by atoms with E-state index >= 15 is 0 Å². The van der Waals surface area contributed by atoms with E-state index < -0.39 is 61.5 Å². The molecule has 10 nitrogen and oxygen atoms in total. The van der Waals surface area contributed by atoms with Gasteiger partial charge in [0, 0.05) is 0 Å². The first kappa shape index (κ1) is 51.4. The van der Waals surface area contributed by atoms with Gasteiger partial charge in [-0.3, -0.25) is 4.79 Å². The fourth-order valence-corrected chi connectivity index (χ4v) is 6.91. The molecule has 1 aliphatic heterocycles. The molecule has 322 valence electrons. The number of aliphatic hydroxyl groups excluding tert-OH is 6. The summed E-state index contributed by atoms with van der Waals surface area (Å²) in [6.45, 7) is 5.61. The number of amides is 1. The maximum atomic E-state index is 13.0. The van der Waals surface area contributed by atoms with E-state index in [9.17, 15) is 35.4 Å². The monoisotopic (exact) mass is 782 g/mol. The molecule has 0 aliphatic carbocycles. The number of hydrogen-bond donors (Lipinski definition) is 7. The second-order valence-corrected chi connectivity index (χ2v) is 15.8. The van der Waals surface area contributed by atoms with Gasteiger partial charge in [-0.25, -0.2) is 0 Å². The van der Waals surface area contributed by atoms with Crippen LogP contribution < -0.4 is 5.32 Å². The van der Waals surface area contributed by atoms with Gasteiger partial charge in [0.05, 0.1) is 25.4 Å². The molecule has 0 aromatic carbocycles. The molecule has 8 atom stereocenters. The lowest BCUT2D eigenvalue weighted by Gasteiger charge is -2.40. The van der Waals surface area contributed by atoms with Crippen LogP contribution in [0, 0.1) is 0 Å². The lowest BCUT2D eigenvalue weighted by molar-refractivity contribution is -0.302. The minimum Gasteiger partial charge on any atom is -0.394 e. The molecule has 55 heavy (non-hydrogen) atoms. The number of hydrogen-bond acceptors (Lipinski definition) is 9. The third-order valence-electron chi connectivity index (χ3n) is 10.7. The van der Waals surface area contributed by atoms with Crippen molar-refractivity contribution in [3.05, 3.63) is 36.0 Å². The highest BCUT2D eigenvalue weighted by Gasteiger charge is 2.44. The van der Waals surface area contributed by atoms with Crippen molar-refractivity contribution in [2.45, 2.75) is 230 Å². The van der Waals surface area contributed by atoms with Crippen LogP contribution in [0.4, 0.5) is 0 Å². The molecule has 0 aromatic rings. The first-order valence-corrected chi connectivity index (χ1v) is 22.2. The highest BCUT2D eigenvalue weighted by molar-refractivity contribution is 5.80. The van der Waals surface area contributed by atoms with Crippen LogP contribution in [0.3, 0.4) is 0 Å². The zero-order valence-corrected chi connectivity index (χ0v) is 35.0. The maximum Gasteiger partial charge on any atom is 0.249 e. The van der Waals surface area contributed by atoms with E-state index in [0.29, 0.717) is 19.3 Å². The second kappa shape index (κ2) is 34.4. The molecule has 1 rings (SSSR count). The smallest absolute Gasteiger partial charge is 0.249 e. The van der Waals surface area contributed by atoms with E-state index in [1.807, 2.05) is 6.08 Å². The van der Waals surface area contributed by atoms with Crippen LogP contribution in [0.5, 0.6) is 0 Å². The van der Waals surface area contributed by atoms with E-state index in [0.717, 1.165) is 32.1 Å². The van der Waals surface area contributed by atoms with Crippen molar-refractivity contribution in [3.63, 3.8) is 0 Å². The molecule has 8 unspecified atom stereocenters. The van der Waals surface area contributed by atoms with Crippen LogP contribution in [0.1, 0.15) is 181 Å². The van der Waals surface area contributed by atoms with Gasteiger partial charge in [0.15, 0.2) is 6.29 Å². The Hall–Kier alpha value is -1.63. The Morgan fingerprint density at radius 3 is 1.76 bits per heavy atom. The van der Waals surface area contributed by atoms with E-state index in [1.165, 1.54) is 115 Å². The molecule has 1 aliphatic rings. The number of carbonyl (C=O) groups is 1. The molecule has 0 aromatic heterocycles. The molecule has 1 fully saturated rings. The van der Waals surface area contributed by atoms with Gasteiger partial charge in [-0.05, 0) is 39.0 Å². The Kier molecular flexibility index (Phi) is 32.2. The molecule has 10 heteroatoms. The van der Waals surface area contributed by atoms with E-state index in [-0.39, 0.29) is 6.61 Å². The van der Waals surface area contributed by atoms with Crippen molar-refractivity contribution in [2.24, 2.45) is 0 Å². The highest BCUT2D eigenvalue weighted by Crippen LogP contribution is 2.22. The van der Waals surface area contributed by atoms with Gasteiger partial charge in [-0.15, -0.1) is 0 Å². The predicted octanol–water partition coefficient (Wildman–Crippen LogP) is 7.86. The Bertz CT molecular complexity index is 1000. The fourth-order valence-electron chi connectivity index (χ4n) is 6.91. The maximum absolute atomic E-state index is 13.0. The SMILES string of the molecule is CCCCCCC/C=C/C(C)=C/CC/C=C/C(O)C(COC1OC(CO)C(O)C(O)C1O)NC(=O)C(O)CCCCCCCCCCCCCCCCCC. The van der Waals surface area contributed by atoms with Crippen LogP contribution in [-0.4, -0.2) is 98.7 Å². The van der Waals surface area contributed by atoms with Crippen molar-refractivity contribution in [3.8, 4) is 0 Å². The van der Waals surface area contributed by atoms with Crippen molar-refractivity contribution in [1.29, 1.82) is 0 Å². The molecule has 0 bridgehead atoms. The first-order chi connectivity index (χ1) is 26.7. The van der Waals surface area contributed by atoms with Crippen molar-refractivity contribution in [2.75, 3.05) is 13.2 Å². The molecule has 0 saturated carbocycles. The summed E-state index contributed by atoms with van der Waals surface area (Å²) >= 11 is 0. The topological polar surface area (TPSA) is 169 Å². The summed E-state index contributed by atoms with van der Waals surface area (Å²) in [4.78, 5) is 13.0. The lowest BCUT2D eigenvalue weighted by Crippen LogP contribution is -2.60. The van der Waals surface area contributed by atoms with Gasteiger partial charge < -0.3 is 45.4 Å². The summed E-state index contributed by atoms with van der Waals surface area (Å²) in [5, 5.41) is 64.6. The predicted molar refractivity (Wildman–Crippen MR) is 222 cm³/mol. The largest absolute Gasteiger partial charge is 0.394 e. The van der Waals surface area contributed by atoms with Crippen LogP contribution in [0.15, 0.2) is 36.0 Å². The van der Waals surface area contributed by atoms with Crippen LogP contribution in [0.2, 0.25) is 0 Å². The van der Waals surface area contributed by atoms with Gasteiger partial charge in [0.1, 0.15) is 30.5 Å². The Morgan fingerprint density at radius 1 is 0.691 bits per heavy atom. The summed E-state index contributed by atoms with van der Waals surface area (Å²) in [6, 6.07) is -1.01.